The Morgan fingerprint density at radius 1 is 0.966 bits per heavy atom. The number of nitrogens with zero attached hydrogens (tertiary/aromatic N) is 1. The molecule has 0 radical (unpaired) electrons. The summed E-state index contributed by atoms with van der Waals surface area (Å²) in [5, 5.41) is 9.46. The van der Waals surface area contributed by atoms with Crippen LogP contribution < -0.4 is 0 Å². The van der Waals surface area contributed by atoms with Crippen LogP contribution in [0.1, 0.15) is 111 Å². The Morgan fingerprint density at radius 3 is 2.45 bits per heavy atom. The molecule has 0 aromatic heterocycles. The second-order valence-corrected chi connectivity index (χ2v) is 9.46. The lowest BCUT2D eigenvalue weighted by molar-refractivity contribution is 0.0518. The molecule has 1 N–H and O–H groups in total. The molecule has 1 fully saturated rings. The largest absolute Gasteiger partial charge is 0.392 e. The van der Waals surface area contributed by atoms with Crippen LogP contribution in [0.3, 0.4) is 0 Å². The number of hydrogen-bond acceptors (Lipinski definition) is 3. The molecule has 1 aliphatic rings. The molecular formula is C26H51NO2. The van der Waals surface area contributed by atoms with Crippen LogP contribution in [0.25, 0.3) is 0 Å². The van der Waals surface area contributed by atoms with Crippen LogP contribution in [0.5, 0.6) is 0 Å². The molecule has 0 amide bonds. The highest BCUT2D eigenvalue weighted by Gasteiger charge is 2.23. The van der Waals surface area contributed by atoms with Gasteiger partial charge in [-0.25, -0.2) is 0 Å². The van der Waals surface area contributed by atoms with Crippen LogP contribution in [0, 0.1) is 5.92 Å². The average Bonchev–Trinajstić information content (AvgIpc) is 3.12. The molecule has 29 heavy (non-hydrogen) atoms. The zero-order valence-electron chi connectivity index (χ0n) is 19.9. The Bertz CT molecular complexity index is 383. The Morgan fingerprint density at radius 2 is 1.69 bits per heavy atom. The summed E-state index contributed by atoms with van der Waals surface area (Å²) in [4.78, 5) is 2.32. The lowest BCUT2D eigenvalue weighted by Gasteiger charge is -2.17. The third kappa shape index (κ3) is 16.0. The fraction of sp³-hybridized carbons (Fsp3) is 0.923. The van der Waals surface area contributed by atoms with Crippen LogP contribution in [0.2, 0.25) is 0 Å². The maximum Gasteiger partial charge on any atom is 0.0714 e. The van der Waals surface area contributed by atoms with Gasteiger partial charge in [-0.3, -0.25) is 4.90 Å². The molecule has 172 valence electrons. The summed E-state index contributed by atoms with van der Waals surface area (Å²) in [6.07, 6.45) is 23.5. The molecule has 0 saturated carbocycles. The van der Waals surface area contributed by atoms with Crippen LogP contribution in [-0.4, -0.2) is 48.5 Å². The Balaban J connectivity index is 1.82. The molecule has 1 rings (SSSR count). The van der Waals surface area contributed by atoms with Gasteiger partial charge in [-0.15, -0.1) is 0 Å². The summed E-state index contributed by atoms with van der Waals surface area (Å²) in [7, 11) is 0. The minimum Gasteiger partial charge on any atom is -0.392 e. The monoisotopic (exact) mass is 409 g/mol. The van der Waals surface area contributed by atoms with E-state index in [2.05, 4.69) is 30.9 Å². The number of allylic oxidation sites excluding steroid dienone is 2. The minimum absolute atomic E-state index is 0.228. The molecule has 3 heteroatoms. The fourth-order valence-electron chi connectivity index (χ4n) is 4.28. The maximum absolute atomic E-state index is 9.46. The summed E-state index contributed by atoms with van der Waals surface area (Å²) >= 11 is 0. The van der Waals surface area contributed by atoms with E-state index in [1.54, 1.807) is 0 Å². The Labute approximate surface area is 182 Å². The summed E-state index contributed by atoms with van der Waals surface area (Å²) in [6.45, 7) is 10.3. The molecule has 0 aromatic rings. The first-order valence-corrected chi connectivity index (χ1v) is 12.8. The van der Waals surface area contributed by atoms with Crippen molar-refractivity contribution in [3.63, 3.8) is 0 Å². The average molecular weight is 410 g/mol. The number of hydrogen-bond donors (Lipinski definition) is 1. The highest BCUT2D eigenvalue weighted by molar-refractivity contribution is 4.83. The Hall–Kier alpha value is -0.380. The topological polar surface area (TPSA) is 32.7 Å². The van der Waals surface area contributed by atoms with Gasteiger partial charge >= 0.3 is 0 Å². The number of β-amino-alcohol motifs (C(OH)–C–C–N with tert-alkyl or cyclic N) is 1. The van der Waals surface area contributed by atoms with Gasteiger partial charge in [0.05, 0.1) is 12.2 Å². The predicted octanol–water partition coefficient (Wildman–Crippen LogP) is 6.74. The molecular weight excluding hydrogens is 358 g/mol. The van der Waals surface area contributed by atoms with Crippen molar-refractivity contribution < 1.29 is 9.84 Å². The van der Waals surface area contributed by atoms with Crippen LogP contribution in [0.4, 0.5) is 0 Å². The van der Waals surface area contributed by atoms with E-state index in [0.717, 1.165) is 38.6 Å². The second kappa shape index (κ2) is 18.4. The van der Waals surface area contributed by atoms with Gasteiger partial charge in [-0.05, 0) is 44.9 Å². The van der Waals surface area contributed by atoms with Gasteiger partial charge in [0, 0.05) is 26.2 Å². The van der Waals surface area contributed by atoms with Gasteiger partial charge in [-0.1, -0.05) is 83.8 Å². The van der Waals surface area contributed by atoms with E-state index in [1.165, 1.54) is 83.5 Å². The number of aliphatic hydroxyl groups is 1. The number of aliphatic hydroxyl groups excluding tert-OH is 1. The first-order valence-electron chi connectivity index (χ1n) is 12.8. The molecule has 0 aromatic carbocycles. The highest BCUT2D eigenvalue weighted by atomic mass is 16.5. The quantitative estimate of drug-likeness (QED) is 0.189. The lowest BCUT2D eigenvalue weighted by Crippen LogP contribution is -2.30. The molecule has 1 aliphatic heterocycles. The second-order valence-electron chi connectivity index (χ2n) is 9.46. The van der Waals surface area contributed by atoms with Crippen LogP contribution >= 0.6 is 0 Å². The number of unbranched alkanes of at least 4 members (excludes halogenated alkanes) is 9. The molecule has 3 unspecified atom stereocenters. The molecule has 1 saturated heterocycles. The lowest BCUT2D eigenvalue weighted by atomic mass is 9.98. The van der Waals surface area contributed by atoms with Gasteiger partial charge < -0.3 is 9.84 Å². The van der Waals surface area contributed by atoms with Gasteiger partial charge in [0.1, 0.15) is 0 Å². The van der Waals surface area contributed by atoms with Crippen molar-refractivity contribution in [3.05, 3.63) is 12.2 Å². The molecule has 0 aliphatic carbocycles. The van der Waals surface area contributed by atoms with Crippen molar-refractivity contribution >= 4 is 0 Å². The van der Waals surface area contributed by atoms with Gasteiger partial charge in [0.2, 0.25) is 0 Å². The third-order valence-electron chi connectivity index (χ3n) is 6.13. The summed E-state index contributed by atoms with van der Waals surface area (Å²) in [6, 6.07) is 0. The normalized spacial score (nSPS) is 19.9. The third-order valence-corrected chi connectivity index (χ3v) is 6.13. The minimum atomic E-state index is -0.228. The van der Waals surface area contributed by atoms with E-state index in [9.17, 15) is 5.11 Å². The van der Waals surface area contributed by atoms with E-state index in [4.69, 9.17) is 4.74 Å². The van der Waals surface area contributed by atoms with Gasteiger partial charge in [-0.2, -0.15) is 0 Å². The molecule has 3 nitrogen and oxygen atoms in total. The SMILES string of the molecule is CCCCCC/C=C\CC(C)CCCCCCCCOC1CCN(CC(C)O)C1. The van der Waals surface area contributed by atoms with Crippen LogP contribution in [0.15, 0.2) is 12.2 Å². The molecule has 3 atom stereocenters. The summed E-state index contributed by atoms with van der Waals surface area (Å²) < 4.78 is 6.02. The van der Waals surface area contributed by atoms with E-state index >= 15 is 0 Å². The molecule has 0 bridgehead atoms. The van der Waals surface area contributed by atoms with E-state index in [1.807, 2.05) is 6.92 Å². The van der Waals surface area contributed by atoms with E-state index < -0.39 is 0 Å². The fourth-order valence-corrected chi connectivity index (χ4v) is 4.28. The van der Waals surface area contributed by atoms with E-state index in [-0.39, 0.29) is 6.10 Å². The maximum atomic E-state index is 9.46. The van der Waals surface area contributed by atoms with Crippen molar-refractivity contribution in [1.29, 1.82) is 0 Å². The highest BCUT2D eigenvalue weighted by Crippen LogP contribution is 2.17. The Kier molecular flexibility index (Phi) is 16.9. The van der Waals surface area contributed by atoms with Crippen molar-refractivity contribution in [1.82, 2.24) is 4.90 Å². The first kappa shape index (κ1) is 26.7. The smallest absolute Gasteiger partial charge is 0.0714 e. The standard InChI is InChI=1S/C26H51NO2/c1-4-5-6-7-8-11-14-17-24(2)18-15-12-9-10-13-16-21-29-26-19-20-27(23-26)22-25(3)28/h11,14,24-26,28H,4-10,12-13,15-23H2,1-3H3/b14-11-. The van der Waals surface area contributed by atoms with Crippen molar-refractivity contribution in [2.24, 2.45) is 5.92 Å². The van der Waals surface area contributed by atoms with Crippen molar-refractivity contribution in [2.45, 2.75) is 123 Å². The zero-order chi connectivity index (χ0) is 21.2. The summed E-state index contributed by atoms with van der Waals surface area (Å²) in [5.41, 5.74) is 0. The molecule has 1 heterocycles. The van der Waals surface area contributed by atoms with Crippen molar-refractivity contribution in [2.75, 3.05) is 26.2 Å². The van der Waals surface area contributed by atoms with Crippen molar-refractivity contribution in [3.8, 4) is 0 Å². The first-order chi connectivity index (χ1) is 14.1. The number of ether oxygens (including phenoxy) is 1. The number of rotatable bonds is 19. The van der Waals surface area contributed by atoms with Gasteiger partial charge in [0.25, 0.3) is 0 Å². The summed E-state index contributed by atoms with van der Waals surface area (Å²) in [5.74, 6) is 0.843. The van der Waals surface area contributed by atoms with E-state index in [0.29, 0.717) is 6.10 Å². The zero-order valence-corrected chi connectivity index (χ0v) is 19.9. The number of likely N-dealkylation sites (tertiary alicyclic amines) is 1. The predicted molar refractivity (Wildman–Crippen MR) is 126 cm³/mol. The molecule has 0 spiro atoms. The van der Waals surface area contributed by atoms with Gasteiger partial charge in [0.15, 0.2) is 0 Å². The van der Waals surface area contributed by atoms with Crippen LogP contribution in [-0.2, 0) is 4.74 Å².